The number of hydrogen-bond acceptors (Lipinski definition) is 2. The van der Waals surface area contributed by atoms with Gasteiger partial charge in [0.15, 0.2) is 5.75 Å². The molecule has 1 aromatic carbocycles. The average molecular weight is 249 g/mol. The monoisotopic (exact) mass is 249 g/mol. The van der Waals surface area contributed by atoms with Gasteiger partial charge in [-0.3, -0.25) is 9.90 Å². The first-order valence-electron chi connectivity index (χ1n) is 6.64. The molecule has 0 spiro atoms. The molecular weight excluding hydrogens is 228 g/mol. The minimum Gasteiger partial charge on any atom is -0.466 e. The third kappa shape index (κ3) is 6.28. The zero-order valence-corrected chi connectivity index (χ0v) is 11.0. The highest BCUT2D eigenvalue weighted by atomic mass is 16.5. The Kier molecular flexibility index (Phi) is 6.92. The number of ether oxygens (including phenoxy) is 1. The number of carbonyl (C=O) groups excluding carboxylic acids is 1. The fourth-order valence-corrected chi connectivity index (χ4v) is 1.84. The van der Waals surface area contributed by atoms with Crippen LogP contribution in [0, 0.1) is 0 Å². The van der Waals surface area contributed by atoms with Crippen LogP contribution in [0.25, 0.3) is 0 Å². The van der Waals surface area contributed by atoms with Crippen LogP contribution < -0.4 is 0 Å². The molecule has 0 aliphatic carbocycles. The van der Waals surface area contributed by atoms with Crippen molar-refractivity contribution in [2.45, 2.75) is 45.4 Å². The number of aryl methyl sites for hydroxylation is 1. The average Bonchev–Trinajstić information content (AvgIpc) is 2.36. The molecule has 0 heterocycles. The van der Waals surface area contributed by atoms with Gasteiger partial charge in [0.05, 0.1) is 6.61 Å². The second-order valence-electron chi connectivity index (χ2n) is 4.36. The van der Waals surface area contributed by atoms with Gasteiger partial charge >= 0.3 is 5.97 Å². The highest BCUT2D eigenvalue weighted by molar-refractivity contribution is 5.69. The predicted octanol–water partition coefficient (Wildman–Crippen LogP) is 3.89. The molecule has 18 heavy (non-hydrogen) atoms. The lowest BCUT2D eigenvalue weighted by Gasteiger charge is -2.03. The topological polar surface area (TPSA) is 46.2 Å². The van der Waals surface area contributed by atoms with Crippen LogP contribution in [-0.4, -0.2) is 12.6 Å². The van der Waals surface area contributed by atoms with Gasteiger partial charge in [-0.2, -0.15) is 0 Å². The molecule has 0 aliphatic rings. The molecular formula is C15H21O3. The molecule has 0 bridgehead atoms. The summed E-state index contributed by atoms with van der Waals surface area (Å²) in [5, 5.41) is 10.9. The van der Waals surface area contributed by atoms with Gasteiger partial charge < -0.3 is 4.74 Å². The van der Waals surface area contributed by atoms with Crippen molar-refractivity contribution in [3.8, 4) is 5.75 Å². The van der Waals surface area contributed by atoms with E-state index in [1.807, 2.05) is 19.1 Å². The third-order valence-electron chi connectivity index (χ3n) is 2.83. The maximum absolute atomic E-state index is 11.1. The quantitative estimate of drug-likeness (QED) is 0.518. The van der Waals surface area contributed by atoms with Crippen molar-refractivity contribution in [3.63, 3.8) is 0 Å². The lowest BCUT2D eigenvalue weighted by molar-refractivity contribution is -0.143. The summed E-state index contributed by atoms with van der Waals surface area (Å²) in [5.74, 6) is -0.0308. The molecule has 3 heteroatoms. The van der Waals surface area contributed by atoms with E-state index < -0.39 is 0 Å². The molecule has 0 unspecified atom stereocenters. The maximum Gasteiger partial charge on any atom is 0.305 e. The van der Waals surface area contributed by atoms with Crippen LogP contribution >= 0.6 is 0 Å². The van der Waals surface area contributed by atoms with Gasteiger partial charge in [-0.1, -0.05) is 25.0 Å². The van der Waals surface area contributed by atoms with E-state index in [1.165, 1.54) is 5.56 Å². The van der Waals surface area contributed by atoms with Crippen LogP contribution in [0.5, 0.6) is 5.75 Å². The lowest BCUT2D eigenvalue weighted by Crippen LogP contribution is -2.03. The molecule has 1 rings (SSSR count). The molecule has 3 nitrogen and oxygen atoms in total. The lowest BCUT2D eigenvalue weighted by atomic mass is 10.1. The molecule has 0 saturated heterocycles. The summed E-state index contributed by atoms with van der Waals surface area (Å²) in [7, 11) is 0. The second kappa shape index (κ2) is 8.56. The van der Waals surface area contributed by atoms with Crippen LogP contribution in [0.4, 0.5) is 0 Å². The van der Waals surface area contributed by atoms with Crippen LogP contribution in [0.3, 0.4) is 0 Å². The Hall–Kier alpha value is -1.51. The van der Waals surface area contributed by atoms with E-state index in [0.29, 0.717) is 13.0 Å². The molecule has 99 valence electrons. The standard InChI is InChI=1S/C15H21O3/c1-2-18-15(17)8-6-4-3-5-7-13-9-11-14(16)12-10-13/h9-12H,2-8H2,1H3. The minimum absolute atomic E-state index is 0.0631. The van der Waals surface area contributed by atoms with Crippen molar-refractivity contribution in [2.75, 3.05) is 6.61 Å². The van der Waals surface area contributed by atoms with E-state index in [2.05, 4.69) is 0 Å². The normalized spacial score (nSPS) is 10.3. The Morgan fingerprint density at radius 2 is 1.72 bits per heavy atom. The summed E-state index contributed by atoms with van der Waals surface area (Å²) in [6.45, 7) is 2.29. The highest BCUT2D eigenvalue weighted by Gasteiger charge is 2.01. The van der Waals surface area contributed by atoms with Gasteiger partial charge in [0.2, 0.25) is 0 Å². The first kappa shape index (κ1) is 14.6. The molecule has 0 saturated carbocycles. The van der Waals surface area contributed by atoms with E-state index in [1.54, 1.807) is 12.1 Å². The van der Waals surface area contributed by atoms with Crippen LogP contribution in [-0.2, 0) is 21.1 Å². The second-order valence-corrected chi connectivity index (χ2v) is 4.36. The summed E-state index contributed by atoms with van der Waals surface area (Å²) in [4.78, 5) is 11.1. The first-order chi connectivity index (χ1) is 8.72. The van der Waals surface area contributed by atoms with E-state index in [0.717, 1.165) is 32.1 Å². The van der Waals surface area contributed by atoms with Gasteiger partial charge in [-0.25, -0.2) is 0 Å². The Morgan fingerprint density at radius 1 is 1.06 bits per heavy atom. The van der Waals surface area contributed by atoms with E-state index in [4.69, 9.17) is 4.74 Å². The van der Waals surface area contributed by atoms with Gasteiger partial charge in [-0.05, 0) is 43.9 Å². The molecule has 0 aliphatic heterocycles. The summed E-state index contributed by atoms with van der Waals surface area (Å²) >= 11 is 0. The fourth-order valence-electron chi connectivity index (χ4n) is 1.84. The molecule has 1 radical (unpaired) electrons. The van der Waals surface area contributed by atoms with Crippen LogP contribution in [0.1, 0.15) is 44.6 Å². The molecule has 0 amide bonds. The van der Waals surface area contributed by atoms with E-state index >= 15 is 0 Å². The highest BCUT2D eigenvalue weighted by Crippen LogP contribution is 2.13. The number of carbonyl (C=O) groups is 1. The van der Waals surface area contributed by atoms with Gasteiger partial charge in [0.1, 0.15) is 0 Å². The first-order valence-corrected chi connectivity index (χ1v) is 6.64. The van der Waals surface area contributed by atoms with Gasteiger partial charge in [0.25, 0.3) is 0 Å². The Morgan fingerprint density at radius 3 is 2.39 bits per heavy atom. The Balaban J connectivity index is 2.02. The molecule has 0 fully saturated rings. The number of rotatable bonds is 8. The van der Waals surface area contributed by atoms with Crippen LogP contribution in [0.15, 0.2) is 24.3 Å². The van der Waals surface area contributed by atoms with Crippen molar-refractivity contribution in [1.29, 1.82) is 0 Å². The van der Waals surface area contributed by atoms with E-state index in [9.17, 15) is 9.90 Å². The zero-order valence-electron chi connectivity index (χ0n) is 11.0. The molecule has 0 aromatic heterocycles. The van der Waals surface area contributed by atoms with Crippen molar-refractivity contribution in [1.82, 2.24) is 0 Å². The Bertz CT molecular complexity index is 343. The SMILES string of the molecule is CCOC(=O)CCCCCCc1ccc([O])cc1. The summed E-state index contributed by atoms with van der Waals surface area (Å²) < 4.78 is 4.86. The Labute approximate surface area is 109 Å². The predicted molar refractivity (Wildman–Crippen MR) is 70.0 cm³/mol. The van der Waals surface area contributed by atoms with Crippen molar-refractivity contribution in [2.24, 2.45) is 0 Å². The minimum atomic E-state index is -0.0939. The molecule has 1 aromatic rings. The molecule has 0 atom stereocenters. The summed E-state index contributed by atoms with van der Waals surface area (Å²) in [5.41, 5.74) is 1.21. The smallest absolute Gasteiger partial charge is 0.305 e. The zero-order chi connectivity index (χ0) is 13.2. The van der Waals surface area contributed by atoms with Crippen molar-refractivity contribution in [3.05, 3.63) is 29.8 Å². The molecule has 0 N–H and O–H groups in total. The van der Waals surface area contributed by atoms with Gasteiger partial charge in [-0.15, -0.1) is 0 Å². The summed E-state index contributed by atoms with van der Waals surface area (Å²) in [6.07, 6.45) is 5.69. The summed E-state index contributed by atoms with van der Waals surface area (Å²) in [6, 6.07) is 6.99. The van der Waals surface area contributed by atoms with Crippen LogP contribution in [0.2, 0.25) is 0 Å². The van der Waals surface area contributed by atoms with Gasteiger partial charge in [0, 0.05) is 6.42 Å². The third-order valence-corrected chi connectivity index (χ3v) is 2.83. The number of hydrogen-bond donors (Lipinski definition) is 0. The largest absolute Gasteiger partial charge is 0.466 e. The fraction of sp³-hybridized carbons (Fsp3) is 0.533. The maximum atomic E-state index is 11.1. The van der Waals surface area contributed by atoms with Crippen molar-refractivity contribution >= 4 is 5.97 Å². The number of unbranched alkanes of at least 4 members (excludes halogenated alkanes) is 3. The number of benzene rings is 1. The van der Waals surface area contributed by atoms with Crippen molar-refractivity contribution < 1.29 is 14.6 Å². The number of esters is 1. The van der Waals surface area contributed by atoms with E-state index in [-0.39, 0.29) is 11.7 Å².